The topological polar surface area (TPSA) is 121 Å². The number of para-hydroxylation sites is 1. The summed E-state index contributed by atoms with van der Waals surface area (Å²) in [5.41, 5.74) is 0.559. The van der Waals surface area contributed by atoms with E-state index >= 15 is 0 Å². The van der Waals surface area contributed by atoms with Gasteiger partial charge < -0.3 is 29.4 Å². The third-order valence-electron chi connectivity index (χ3n) is 5.45. The summed E-state index contributed by atoms with van der Waals surface area (Å²) in [6.07, 6.45) is 0.771. The number of carboxylic acids is 1. The minimum atomic E-state index is -1.72. The zero-order chi connectivity index (χ0) is 21.3. The van der Waals surface area contributed by atoms with Crippen molar-refractivity contribution in [2.45, 2.75) is 18.9 Å². The van der Waals surface area contributed by atoms with Crippen LogP contribution in [-0.4, -0.2) is 46.9 Å². The Balaban J connectivity index is 1.47. The van der Waals surface area contributed by atoms with Crippen molar-refractivity contribution in [2.75, 3.05) is 25.0 Å². The number of fused-ring (bicyclic) bond motifs is 4. The number of hydrogen-bond acceptors (Lipinski definition) is 6. The van der Waals surface area contributed by atoms with Gasteiger partial charge in [0.1, 0.15) is 17.4 Å². The number of carbonyl (C=O) groups is 3. The number of aliphatic carboxylic acids is 1. The number of carboxylic acid groups (broad SMARTS) is 1. The van der Waals surface area contributed by atoms with Gasteiger partial charge in [0.25, 0.3) is 17.4 Å². The third kappa shape index (κ3) is 3.91. The zero-order valence-corrected chi connectivity index (χ0v) is 16.1. The van der Waals surface area contributed by atoms with Gasteiger partial charge in [0.15, 0.2) is 6.61 Å². The van der Waals surface area contributed by atoms with Gasteiger partial charge in [0, 0.05) is 31.2 Å². The molecule has 1 saturated heterocycles. The number of aromatic nitrogens is 1. The lowest BCUT2D eigenvalue weighted by Gasteiger charge is -2.42. The average Bonchev–Trinajstić information content (AvgIpc) is 2.74. The molecule has 0 unspecified atom stereocenters. The van der Waals surface area contributed by atoms with Crippen LogP contribution in [0.2, 0.25) is 0 Å². The van der Waals surface area contributed by atoms with Gasteiger partial charge in [-0.2, -0.15) is 0 Å². The second kappa shape index (κ2) is 8.02. The number of likely N-dealkylation sites (tertiary alicyclic amines) is 1. The SMILES string of the molecule is O=C(COc1ccccc1)Nc1ccc2n(c1=O)C[C@H]1C[C@@H]2CN(C(=O)C(=O)[O-])C1. The summed E-state index contributed by atoms with van der Waals surface area (Å²) in [5.74, 6) is -2.81. The number of nitrogens with zero attached hydrogens (tertiary/aromatic N) is 2. The van der Waals surface area contributed by atoms with E-state index in [1.807, 2.05) is 6.07 Å². The number of ether oxygens (including phenoxy) is 1. The summed E-state index contributed by atoms with van der Waals surface area (Å²) in [5, 5.41) is 13.5. The van der Waals surface area contributed by atoms with Gasteiger partial charge in [-0.1, -0.05) is 18.2 Å². The van der Waals surface area contributed by atoms with Crippen LogP contribution in [0.4, 0.5) is 5.69 Å². The Labute approximate surface area is 171 Å². The highest BCUT2D eigenvalue weighted by molar-refractivity contribution is 6.30. The summed E-state index contributed by atoms with van der Waals surface area (Å²) in [4.78, 5) is 49.1. The van der Waals surface area contributed by atoms with E-state index in [4.69, 9.17) is 4.74 Å². The Hall–Kier alpha value is -3.62. The first-order valence-electron chi connectivity index (χ1n) is 9.64. The summed E-state index contributed by atoms with van der Waals surface area (Å²) in [7, 11) is 0. The van der Waals surface area contributed by atoms with E-state index in [0.717, 1.165) is 12.1 Å². The molecular weight excluding hydrogens is 390 g/mol. The van der Waals surface area contributed by atoms with Crippen molar-refractivity contribution < 1.29 is 24.2 Å². The number of hydrogen-bond donors (Lipinski definition) is 1. The van der Waals surface area contributed by atoms with Crippen LogP contribution in [0.1, 0.15) is 18.0 Å². The fourth-order valence-electron chi connectivity index (χ4n) is 4.19. The minimum absolute atomic E-state index is 0.0374. The zero-order valence-electron chi connectivity index (χ0n) is 16.1. The predicted octanol–water partition coefficient (Wildman–Crippen LogP) is -0.439. The first-order chi connectivity index (χ1) is 14.4. The van der Waals surface area contributed by atoms with E-state index in [9.17, 15) is 24.3 Å². The fraction of sp³-hybridized carbons (Fsp3) is 0.333. The number of amides is 2. The molecule has 0 saturated carbocycles. The number of carbonyl (C=O) groups excluding carboxylic acids is 3. The molecule has 9 heteroatoms. The van der Waals surface area contributed by atoms with Crippen molar-refractivity contribution in [3.8, 4) is 5.75 Å². The number of nitrogens with one attached hydrogen (secondary N) is 1. The van der Waals surface area contributed by atoms with E-state index in [2.05, 4.69) is 5.32 Å². The van der Waals surface area contributed by atoms with Gasteiger partial charge in [0.2, 0.25) is 0 Å². The van der Waals surface area contributed by atoms with Crippen LogP contribution in [0.3, 0.4) is 0 Å². The molecule has 9 nitrogen and oxygen atoms in total. The molecule has 0 radical (unpaired) electrons. The van der Waals surface area contributed by atoms with Crippen molar-refractivity contribution >= 4 is 23.5 Å². The number of rotatable bonds is 4. The molecule has 3 heterocycles. The van der Waals surface area contributed by atoms with E-state index < -0.39 is 17.8 Å². The van der Waals surface area contributed by atoms with Crippen LogP contribution in [0.25, 0.3) is 0 Å². The van der Waals surface area contributed by atoms with Crippen LogP contribution in [0.5, 0.6) is 5.75 Å². The Kier molecular flexibility index (Phi) is 5.26. The molecule has 2 atom stereocenters. The van der Waals surface area contributed by atoms with Crippen LogP contribution >= 0.6 is 0 Å². The van der Waals surface area contributed by atoms with Gasteiger partial charge in [0.05, 0.1) is 0 Å². The molecule has 2 amide bonds. The largest absolute Gasteiger partial charge is 0.540 e. The highest BCUT2D eigenvalue weighted by Crippen LogP contribution is 2.35. The Bertz CT molecular complexity index is 1050. The quantitative estimate of drug-likeness (QED) is 0.683. The second-order valence-corrected chi connectivity index (χ2v) is 7.53. The Morgan fingerprint density at radius 3 is 2.57 bits per heavy atom. The fourth-order valence-corrected chi connectivity index (χ4v) is 4.19. The van der Waals surface area contributed by atoms with Crippen molar-refractivity contribution in [2.24, 2.45) is 5.92 Å². The maximum Gasteiger partial charge on any atom is 0.274 e. The van der Waals surface area contributed by atoms with E-state index in [1.165, 1.54) is 11.0 Å². The van der Waals surface area contributed by atoms with E-state index in [1.54, 1.807) is 34.9 Å². The van der Waals surface area contributed by atoms with Crippen molar-refractivity contribution in [3.05, 3.63) is 58.5 Å². The van der Waals surface area contributed by atoms with Crippen LogP contribution in [-0.2, 0) is 20.9 Å². The Morgan fingerprint density at radius 1 is 1.07 bits per heavy atom. The molecule has 2 aliphatic heterocycles. The van der Waals surface area contributed by atoms with Gasteiger partial charge in [-0.05, 0) is 36.6 Å². The Morgan fingerprint density at radius 2 is 1.83 bits per heavy atom. The van der Waals surface area contributed by atoms with Crippen molar-refractivity contribution in [3.63, 3.8) is 0 Å². The first kappa shape index (κ1) is 19.7. The highest BCUT2D eigenvalue weighted by Gasteiger charge is 2.36. The molecule has 1 aromatic heterocycles. The average molecular weight is 410 g/mol. The minimum Gasteiger partial charge on any atom is -0.540 e. The molecule has 1 aromatic carbocycles. The molecule has 4 rings (SSSR count). The molecule has 2 aromatic rings. The van der Waals surface area contributed by atoms with Crippen molar-refractivity contribution in [1.82, 2.24) is 9.47 Å². The first-order valence-corrected chi connectivity index (χ1v) is 9.64. The highest BCUT2D eigenvalue weighted by atomic mass is 16.5. The number of piperidine rings is 1. The molecule has 1 N–H and O–H groups in total. The third-order valence-corrected chi connectivity index (χ3v) is 5.45. The van der Waals surface area contributed by atoms with Crippen LogP contribution in [0, 0.1) is 5.92 Å². The van der Waals surface area contributed by atoms with E-state index in [-0.39, 0.29) is 42.8 Å². The molecule has 156 valence electrons. The molecule has 2 bridgehead atoms. The molecule has 2 aliphatic rings. The maximum atomic E-state index is 12.9. The van der Waals surface area contributed by atoms with E-state index in [0.29, 0.717) is 12.3 Å². The van der Waals surface area contributed by atoms with Gasteiger partial charge in [-0.25, -0.2) is 0 Å². The summed E-state index contributed by atoms with van der Waals surface area (Å²) >= 11 is 0. The lowest BCUT2D eigenvalue weighted by molar-refractivity contribution is -0.302. The molecule has 0 aliphatic carbocycles. The molecule has 1 fully saturated rings. The lowest BCUT2D eigenvalue weighted by Crippen LogP contribution is -2.53. The number of benzene rings is 1. The molecular formula is C21H20N3O6-. The second-order valence-electron chi connectivity index (χ2n) is 7.53. The van der Waals surface area contributed by atoms with Gasteiger partial charge in [-0.3, -0.25) is 14.4 Å². The monoisotopic (exact) mass is 410 g/mol. The van der Waals surface area contributed by atoms with Crippen LogP contribution in [0.15, 0.2) is 47.3 Å². The number of pyridine rings is 1. The summed E-state index contributed by atoms with van der Waals surface area (Å²) in [6.45, 7) is 0.610. The van der Waals surface area contributed by atoms with Crippen molar-refractivity contribution in [1.29, 1.82) is 0 Å². The summed E-state index contributed by atoms with van der Waals surface area (Å²) in [6, 6.07) is 12.2. The standard InChI is InChI=1S/C21H21N3O6/c25-18(12-30-15-4-2-1-3-5-15)22-16-6-7-17-14-8-13(10-24(17)19(16)26)9-23(11-14)20(27)21(28)29/h1-7,13-14H,8-12H2,(H,22,25)(H,28,29)/p-1/t13-,14+/m0/s1. The van der Waals surface area contributed by atoms with Gasteiger partial charge in [-0.15, -0.1) is 0 Å². The number of anilines is 1. The predicted molar refractivity (Wildman–Crippen MR) is 104 cm³/mol. The smallest absolute Gasteiger partial charge is 0.274 e. The van der Waals surface area contributed by atoms with Crippen LogP contribution < -0.4 is 20.7 Å². The normalized spacial score (nSPS) is 19.5. The summed E-state index contributed by atoms with van der Waals surface area (Å²) < 4.78 is 7.00. The molecule has 30 heavy (non-hydrogen) atoms. The molecule has 0 spiro atoms. The lowest BCUT2D eigenvalue weighted by atomic mass is 9.83. The maximum absolute atomic E-state index is 12.9. The van der Waals surface area contributed by atoms with Gasteiger partial charge >= 0.3 is 0 Å².